The van der Waals surface area contributed by atoms with Crippen molar-refractivity contribution >= 4 is 6.03 Å². The number of nitriles is 1. The summed E-state index contributed by atoms with van der Waals surface area (Å²) in [5.41, 5.74) is 3.49. The largest absolute Gasteiger partial charge is 0.494 e. The van der Waals surface area contributed by atoms with Gasteiger partial charge in [0.2, 0.25) is 0 Å². The van der Waals surface area contributed by atoms with Crippen molar-refractivity contribution in [3.8, 4) is 11.8 Å². The van der Waals surface area contributed by atoms with Crippen LogP contribution in [-0.4, -0.2) is 46.5 Å². The van der Waals surface area contributed by atoms with Gasteiger partial charge in [-0.25, -0.2) is 9.18 Å². The second-order valence-electron chi connectivity index (χ2n) is 13.0. The van der Waals surface area contributed by atoms with E-state index < -0.39 is 35.9 Å². The predicted molar refractivity (Wildman–Crippen MR) is 181 cm³/mol. The first-order valence-corrected chi connectivity index (χ1v) is 16.7. The molecule has 4 aromatic carbocycles. The van der Waals surface area contributed by atoms with Gasteiger partial charge in [-0.05, 0) is 73.2 Å². The van der Waals surface area contributed by atoms with Gasteiger partial charge in [0.05, 0.1) is 24.3 Å². The molecule has 4 aromatic rings. The Hall–Kier alpha value is -4.71. The van der Waals surface area contributed by atoms with E-state index in [0.29, 0.717) is 18.6 Å². The van der Waals surface area contributed by atoms with Crippen molar-refractivity contribution in [1.29, 1.82) is 5.26 Å². The summed E-state index contributed by atoms with van der Waals surface area (Å²) in [7, 11) is 0. The summed E-state index contributed by atoms with van der Waals surface area (Å²) in [5, 5.41) is 9.61. The van der Waals surface area contributed by atoms with Crippen LogP contribution in [0, 0.1) is 17.1 Å². The minimum Gasteiger partial charge on any atom is -0.494 e. The average molecular weight is 648 g/mol. The van der Waals surface area contributed by atoms with Gasteiger partial charge in [0.1, 0.15) is 29.8 Å². The molecule has 0 radical (unpaired) electrons. The number of urea groups is 1. The highest BCUT2D eigenvalue weighted by molar-refractivity contribution is 5.76. The molecule has 0 spiro atoms. The van der Waals surface area contributed by atoms with E-state index in [1.54, 1.807) is 6.07 Å². The van der Waals surface area contributed by atoms with E-state index in [0.717, 1.165) is 35.3 Å². The third-order valence-electron chi connectivity index (χ3n) is 9.03. The van der Waals surface area contributed by atoms with Crippen LogP contribution in [0.4, 0.5) is 9.18 Å². The molecule has 48 heavy (non-hydrogen) atoms. The lowest BCUT2D eigenvalue weighted by Gasteiger charge is -2.37. The van der Waals surface area contributed by atoms with Crippen LogP contribution in [0.25, 0.3) is 0 Å². The highest BCUT2D eigenvalue weighted by Gasteiger charge is 2.56. The van der Waals surface area contributed by atoms with Crippen LogP contribution in [-0.2, 0) is 29.0 Å². The van der Waals surface area contributed by atoms with Gasteiger partial charge in [-0.3, -0.25) is 0 Å². The van der Waals surface area contributed by atoms with Gasteiger partial charge in [0, 0.05) is 13.1 Å². The van der Waals surface area contributed by atoms with E-state index in [1.807, 2.05) is 115 Å². The zero-order chi connectivity index (χ0) is 33.7. The number of halogens is 1. The molecule has 0 N–H and O–H groups in total. The first kappa shape index (κ1) is 33.2. The maximum absolute atomic E-state index is 15.2. The molecule has 2 amide bonds. The molecule has 0 aliphatic carbocycles. The maximum Gasteiger partial charge on any atom is 0.321 e. The average Bonchev–Trinajstić information content (AvgIpc) is 3.38. The van der Waals surface area contributed by atoms with Crippen molar-refractivity contribution in [3.63, 3.8) is 0 Å². The quantitative estimate of drug-likeness (QED) is 0.154. The Kier molecular flexibility index (Phi) is 10.1. The fourth-order valence-corrected chi connectivity index (χ4v) is 6.81. The summed E-state index contributed by atoms with van der Waals surface area (Å²) in [5.74, 6) is -0.745. The first-order chi connectivity index (χ1) is 23.3. The smallest absolute Gasteiger partial charge is 0.321 e. The minimum absolute atomic E-state index is 0.0623. The number of ether oxygens (including phenoxy) is 3. The van der Waals surface area contributed by atoms with E-state index in [9.17, 15) is 9.65 Å². The standard InChI is InChI=1S/C40H42FN3O4/c1-4-5-21-46-33-18-12-15-29(23-33)27-44-36(31-16-10-7-11-17-31)38-37(47-40(2,3)48-38)35(24-28-13-8-6-9-14-28)43(39(44)45)26-30-19-20-34(41)32(22-30)25-42/h6-20,22-23,35-38H,4-5,21,24,26-27H2,1-3H3/t35-,36?,37+,38+/m1/s1. The highest BCUT2D eigenvalue weighted by Crippen LogP contribution is 2.45. The Morgan fingerprint density at radius 1 is 0.833 bits per heavy atom. The van der Waals surface area contributed by atoms with E-state index in [1.165, 1.54) is 12.1 Å². The van der Waals surface area contributed by atoms with E-state index in [2.05, 4.69) is 6.92 Å². The molecule has 8 heteroatoms. The Labute approximate surface area is 282 Å². The molecule has 6 rings (SSSR count). The number of fused-ring (bicyclic) bond motifs is 1. The zero-order valence-electron chi connectivity index (χ0n) is 27.7. The van der Waals surface area contributed by atoms with Crippen molar-refractivity contribution in [2.75, 3.05) is 6.61 Å². The van der Waals surface area contributed by atoms with E-state index >= 15 is 4.79 Å². The lowest BCUT2D eigenvalue weighted by Crippen LogP contribution is -2.50. The molecule has 2 saturated heterocycles. The second-order valence-corrected chi connectivity index (χ2v) is 13.0. The fraction of sp³-hybridized carbons (Fsp3) is 0.350. The molecular formula is C40H42FN3O4. The van der Waals surface area contributed by atoms with Crippen LogP contribution >= 0.6 is 0 Å². The van der Waals surface area contributed by atoms with Gasteiger partial charge in [0.15, 0.2) is 5.79 Å². The maximum atomic E-state index is 15.2. The molecule has 2 fully saturated rings. The number of amides is 2. The SMILES string of the molecule is CCCCOc1cccc(CN2C(=O)N(Cc3ccc(F)c(C#N)c3)[C@H](Cc3ccccc3)[C@@H]3OC(C)(C)O[C@H]3C2c2ccccc2)c1. The Morgan fingerprint density at radius 3 is 2.23 bits per heavy atom. The number of hydrogen-bond acceptors (Lipinski definition) is 5. The number of hydrogen-bond donors (Lipinski definition) is 0. The predicted octanol–water partition coefficient (Wildman–Crippen LogP) is 8.19. The number of benzene rings is 4. The van der Waals surface area contributed by atoms with Crippen LogP contribution in [0.3, 0.4) is 0 Å². The van der Waals surface area contributed by atoms with Crippen LogP contribution in [0.15, 0.2) is 103 Å². The number of nitrogens with zero attached hydrogens (tertiary/aromatic N) is 3. The summed E-state index contributed by atoms with van der Waals surface area (Å²) in [4.78, 5) is 18.9. The molecule has 0 bridgehead atoms. The van der Waals surface area contributed by atoms with Gasteiger partial charge in [-0.1, -0.05) is 92.2 Å². The van der Waals surface area contributed by atoms with E-state index in [-0.39, 0.29) is 24.7 Å². The number of carbonyl (C=O) groups excluding carboxylic acids is 1. The lowest BCUT2D eigenvalue weighted by atomic mass is 9.90. The van der Waals surface area contributed by atoms with Crippen molar-refractivity contribution in [2.24, 2.45) is 0 Å². The van der Waals surface area contributed by atoms with Crippen molar-refractivity contribution in [2.45, 2.75) is 83.2 Å². The van der Waals surface area contributed by atoms with Gasteiger partial charge < -0.3 is 24.0 Å². The molecule has 1 unspecified atom stereocenters. The summed E-state index contributed by atoms with van der Waals surface area (Å²) < 4.78 is 34.0. The van der Waals surface area contributed by atoms with E-state index in [4.69, 9.17) is 14.2 Å². The Bertz CT molecular complexity index is 1740. The third kappa shape index (κ3) is 7.38. The van der Waals surface area contributed by atoms with Crippen LogP contribution in [0.2, 0.25) is 0 Å². The Morgan fingerprint density at radius 2 is 1.50 bits per heavy atom. The highest BCUT2D eigenvalue weighted by atomic mass is 19.1. The number of carbonyl (C=O) groups is 1. The van der Waals surface area contributed by atoms with Crippen LogP contribution < -0.4 is 4.74 Å². The molecular weight excluding hydrogens is 605 g/mol. The van der Waals surface area contributed by atoms with Crippen molar-refractivity contribution in [1.82, 2.24) is 9.80 Å². The molecule has 7 nitrogen and oxygen atoms in total. The van der Waals surface area contributed by atoms with Gasteiger partial charge in [0.25, 0.3) is 0 Å². The monoisotopic (exact) mass is 647 g/mol. The molecule has 248 valence electrons. The summed E-state index contributed by atoms with van der Waals surface area (Å²) in [6.45, 7) is 7.01. The minimum atomic E-state index is -0.911. The number of unbranched alkanes of at least 4 members (excludes halogenated alkanes) is 1. The molecule has 0 saturated carbocycles. The fourth-order valence-electron chi connectivity index (χ4n) is 6.81. The molecule has 2 aliphatic rings. The normalized spacial score (nSPS) is 21.8. The summed E-state index contributed by atoms with van der Waals surface area (Å²) in [6, 6.07) is 33.2. The van der Waals surface area contributed by atoms with Crippen molar-refractivity contribution in [3.05, 3.63) is 137 Å². The molecule has 4 atom stereocenters. The third-order valence-corrected chi connectivity index (χ3v) is 9.03. The van der Waals surface area contributed by atoms with Gasteiger partial charge >= 0.3 is 6.03 Å². The summed E-state index contributed by atoms with van der Waals surface area (Å²) in [6.07, 6.45) is 1.49. The second kappa shape index (κ2) is 14.6. The summed E-state index contributed by atoms with van der Waals surface area (Å²) >= 11 is 0. The first-order valence-electron chi connectivity index (χ1n) is 16.7. The lowest BCUT2D eigenvalue weighted by molar-refractivity contribution is -0.158. The van der Waals surface area contributed by atoms with Gasteiger partial charge in [-0.2, -0.15) is 5.26 Å². The van der Waals surface area contributed by atoms with Crippen LogP contribution in [0.5, 0.6) is 5.75 Å². The molecule has 2 heterocycles. The van der Waals surface area contributed by atoms with Crippen molar-refractivity contribution < 1.29 is 23.4 Å². The molecule has 0 aromatic heterocycles. The zero-order valence-corrected chi connectivity index (χ0v) is 27.7. The topological polar surface area (TPSA) is 75.0 Å². The van der Waals surface area contributed by atoms with Gasteiger partial charge in [-0.15, -0.1) is 0 Å². The molecule has 2 aliphatic heterocycles. The number of rotatable bonds is 11. The Balaban J connectivity index is 1.48. The van der Waals surface area contributed by atoms with Crippen LogP contribution in [0.1, 0.15) is 67.5 Å².